The molecule has 0 aliphatic carbocycles. The maximum atomic E-state index is 13.5. The molecule has 1 fully saturated rings. The molecule has 7 heteroatoms. The molecule has 0 aromatic heterocycles. The first-order valence-electron chi connectivity index (χ1n) is 11.1. The van der Waals surface area contributed by atoms with Crippen LogP contribution in [-0.4, -0.2) is 38.1 Å². The number of ether oxygens (including phenoxy) is 3. The van der Waals surface area contributed by atoms with E-state index in [-0.39, 0.29) is 16.9 Å². The van der Waals surface area contributed by atoms with Crippen molar-refractivity contribution in [3.05, 3.63) is 88.5 Å². The molecule has 0 spiro atoms. The second-order valence-electron chi connectivity index (χ2n) is 8.27. The van der Waals surface area contributed by atoms with Gasteiger partial charge in [0.15, 0.2) is 0 Å². The fourth-order valence-corrected chi connectivity index (χ4v) is 4.49. The highest BCUT2D eigenvalue weighted by Gasteiger charge is 2.48. The Morgan fingerprint density at radius 2 is 1.57 bits per heavy atom. The first-order valence-corrected chi connectivity index (χ1v) is 11.1. The largest absolute Gasteiger partial charge is 0.507 e. The number of aliphatic hydroxyl groups excluding tert-OH is 1. The molecule has 1 atom stereocenters. The van der Waals surface area contributed by atoms with Crippen molar-refractivity contribution in [2.45, 2.75) is 19.9 Å². The highest BCUT2D eigenvalue weighted by molar-refractivity contribution is 6.52. The molecule has 1 heterocycles. The summed E-state index contributed by atoms with van der Waals surface area (Å²) in [7, 11) is 4.48. The number of nitrogens with zero attached hydrogens (tertiary/aromatic N) is 1. The van der Waals surface area contributed by atoms with E-state index in [1.165, 1.54) is 26.2 Å². The summed E-state index contributed by atoms with van der Waals surface area (Å²) < 4.78 is 16.3. The van der Waals surface area contributed by atoms with E-state index < -0.39 is 17.7 Å². The molecule has 1 unspecified atom stereocenters. The van der Waals surface area contributed by atoms with Gasteiger partial charge < -0.3 is 19.3 Å². The second kappa shape index (κ2) is 9.54. The van der Waals surface area contributed by atoms with Gasteiger partial charge in [-0.1, -0.05) is 35.9 Å². The van der Waals surface area contributed by atoms with Crippen LogP contribution in [-0.2, 0) is 9.59 Å². The Balaban J connectivity index is 2.04. The van der Waals surface area contributed by atoms with Crippen LogP contribution >= 0.6 is 0 Å². The SMILES string of the molecule is COc1ccc(OC)c(/C(O)=C2\C(=O)C(=O)N(c3ccc(C)cc3C)C2c2ccccc2OC)c1. The van der Waals surface area contributed by atoms with E-state index in [1.807, 2.05) is 32.0 Å². The average Bonchev–Trinajstić information content (AvgIpc) is 3.13. The topological polar surface area (TPSA) is 85.3 Å². The Morgan fingerprint density at radius 1 is 0.857 bits per heavy atom. The number of amides is 1. The van der Waals surface area contributed by atoms with Crippen LogP contribution in [0.1, 0.15) is 28.3 Å². The molecule has 0 saturated carbocycles. The maximum Gasteiger partial charge on any atom is 0.300 e. The number of hydrogen-bond donors (Lipinski definition) is 1. The Labute approximate surface area is 204 Å². The number of rotatable bonds is 6. The van der Waals surface area contributed by atoms with Crippen molar-refractivity contribution in [1.29, 1.82) is 0 Å². The lowest BCUT2D eigenvalue weighted by Crippen LogP contribution is -2.30. The molecule has 4 rings (SSSR count). The van der Waals surface area contributed by atoms with E-state index in [2.05, 4.69) is 0 Å². The normalized spacial score (nSPS) is 16.9. The molecule has 3 aromatic rings. The fourth-order valence-electron chi connectivity index (χ4n) is 4.49. The number of carbonyl (C=O) groups is 2. The van der Waals surface area contributed by atoms with Crippen LogP contribution in [0.25, 0.3) is 5.76 Å². The summed E-state index contributed by atoms with van der Waals surface area (Å²) in [6.45, 7) is 3.84. The van der Waals surface area contributed by atoms with E-state index in [4.69, 9.17) is 14.2 Å². The predicted molar refractivity (Wildman–Crippen MR) is 133 cm³/mol. The van der Waals surface area contributed by atoms with E-state index in [0.717, 1.165) is 11.1 Å². The molecule has 0 radical (unpaired) electrons. The lowest BCUT2D eigenvalue weighted by atomic mass is 9.93. The van der Waals surface area contributed by atoms with Crippen molar-refractivity contribution < 1.29 is 28.9 Å². The van der Waals surface area contributed by atoms with Crippen LogP contribution in [0.15, 0.2) is 66.2 Å². The van der Waals surface area contributed by atoms with Gasteiger partial charge in [-0.15, -0.1) is 0 Å². The number of methoxy groups -OCH3 is 3. The number of para-hydroxylation sites is 1. The zero-order valence-electron chi connectivity index (χ0n) is 20.3. The van der Waals surface area contributed by atoms with Crippen molar-refractivity contribution >= 4 is 23.1 Å². The monoisotopic (exact) mass is 473 g/mol. The van der Waals surface area contributed by atoms with Gasteiger partial charge in [-0.3, -0.25) is 14.5 Å². The zero-order valence-corrected chi connectivity index (χ0v) is 20.3. The summed E-state index contributed by atoms with van der Waals surface area (Å²) in [6.07, 6.45) is 0. The number of benzene rings is 3. The summed E-state index contributed by atoms with van der Waals surface area (Å²) >= 11 is 0. The van der Waals surface area contributed by atoms with Gasteiger partial charge in [0.1, 0.15) is 23.0 Å². The van der Waals surface area contributed by atoms with Gasteiger partial charge in [-0.2, -0.15) is 0 Å². The van der Waals surface area contributed by atoms with Crippen LogP contribution in [0.5, 0.6) is 17.2 Å². The minimum Gasteiger partial charge on any atom is -0.507 e. The number of aryl methyl sites for hydroxylation is 2. The maximum absolute atomic E-state index is 13.5. The van der Waals surface area contributed by atoms with Crippen LogP contribution in [0.3, 0.4) is 0 Å². The molecule has 1 saturated heterocycles. The number of hydrogen-bond acceptors (Lipinski definition) is 6. The minimum atomic E-state index is -0.927. The summed E-state index contributed by atoms with van der Waals surface area (Å²) in [5, 5.41) is 11.5. The second-order valence-corrected chi connectivity index (χ2v) is 8.27. The molecular weight excluding hydrogens is 446 g/mol. The van der Waals surface area contributed by atoms with Gasteiger partial charge >= 0.3 is 0 Å². The van der Waals surface area contributed by atoms with Crippen molar-refractivity contribution in [3.8, 4) is 17.2 Å². The molecule has 1 aliphatic heterocycles. The number of aliphatic hydroxyl groups is 1. The van der Waals surface area contributed by atoms with Gasteiger partial charge in [-0.25, -0.2) is 0 Å². The molecule has 35 heavy (non-hydrogen) atoms. The summed E-state index contributed by atoms with van der Waals surface area (Å²) in [6, 6.07) is 16.7. The molecule has 7 nitrogen and oxygen atoms in total. The molecule has 1 amide bonds. The van der Waals surface area contributed by atoms with Crippen LogP contribution in [0, 0.1) is 13.8 Å². The first-order chi connectivity index (χ1) is 16.8. The first kappa shape index (κ1) is 23.9. The number of ketones is 1. The Kier molecular flexibility index (Phi) is 6.51. The van der Waals surface area contributed by atoms with Gasteiger partial charge in [0.05, 0.1) is 38.5 Å². The van der Waals surface area contributed by atoms with Gasteiger partial charge in [-0.05, 0) is 49.7 Å². The third-order valence-electron chi connectivity index (χ3n) is 6.15. The number of anilines is 1. The molecular formula is C28H27NO6. The summed E-state index contributed by atoms with van der Waals surface area (Å²) in [5.74, 6) is -0.621. The van der Waals surface area contributed by atoms with Crippen molar-refractivity contribution in [2.24, 2.45) is 0 Å². The predicted octanol–water partition coefficient (Wildman–Crippen LogP) is 4.96. The highest BCUT2D eigenvalue weighted by atomic mass is 16.5. The quantitative estimate of drug-likeness (QED) is 0.310. The molecule has 1 N–H and O–H groups in total. The molecule has 1 aliphatic rings. The Morgan fingerprint density at radius 3 is 2.23 bits per heavy atom. The summed E-state index contributed by atoms with van der Waals surface area (Å²) in [4.78, 5) is 28.4. The smallest absolute Gasteiger partial charge is 0.300 e. The van der Waals surface area contributed by atoms with Crippen LogP contribution in [0.4, 0.5) is 5.69 Å². The van der Waals surface area contributed by atoms with Crippen LogP contribution in [0.2, 0.25) is 0 Å². The molecule has 180 valence electrons. The third-order valence-corrected chi connectivity index (χ3v) is 6.15. The Bertz CT molecular complexity index is 1340. The standard InChI is InChI=1S/C28H27NO6/c1-16-10-12-21(17(2)14-16)29-25(19-8-6-7-9-22(19)34-4)24(27(31)28(29)32)26(30)20-15-18(33-3)11-13-23(20)35-5/h6-15,25,30H,1-5H3/b26-24+. The van der Waals surface area contributed by atoms with Crippen LogP contribution < -0.4 is 19.1 Å². The lowest BCUT2D eigenvalue weighted by molar-refractivity contribution is -0.132. The van der Waals surface area contributed by atoms with Crippen molar-refractivity contribution in [1.82, 2.24) is 0 Å². The number of carbonyl (C=O) groups excluding carboxylic acids is 2. The van der Waals surface area contributed by atoms with E-state index in [9.17, 15) is 14.7 Å². The van der Waals surface area contributed by atoms with Crippen molar-refractivity contribution in [2.75, 3.05) is 26.2 Å². The lowest BCUT2D eigenvalue weighted by Gasteiger charge is -2.28. The van der Waals surface area contributed by atoms with Gasteiger partial charge in [0.25, 0.3) is 11.7 Å². The molecule has 3 aromatic carbocycles. The average molecular weight is 474 g/mol. The van der Waals surface area contributed by atoms with Gasteiger partial charge in [0.2, 0.25) is 0 Å². The van der Waals surface area contributed by atoms with E-state index in [0.29, 0.717) is 28.5 Å². The van der Waals surface area contributed by atoms with E-state index >= 15 is 0 Å². The third kappa shape index (κ3) is 4.10. The fraction of sp³-hybridized carbons (Fsp3) is 0.214. The minimum absolute atomic E-state index is 0.0639. The van der Waals surface area contributed by atoms with Gasteiger partial charge in [0, 0.05) is 11.3 Å². The zero-order chi connectivity index (χ0) is 25.3. The highest BCUT2D eigenvalue weighted by Crippen LogP contribution is 2.46. The number of Topliss-reactive ketones (excluding diaryl/α,β-unsaturated/α-hetero) is 1. The van der Waals surface area contributed by atoms with Crippen molar-refractivity contribution in [3.63, 3.8) is 0 Å². The summed E-state index contributed by atoms with van der Waals surface area (Å²) in [5.41, 5.74) is 3.17. The molecule has 0 bridgehead atoms. The van der Waals surface area contributed by atoms with E-state index in [1.54, 1.807) is 42.5 Å². The Hall–Kier alpha value is -4.26.